The monoisotopic (exact) mass is 855 g/mol. The quantitative estimate of drug-likeness (QED) is 0.167. The molecule has 4 aliphatic rings. The van der Waals surface area contributed by atoms with E-state index in [-0.39, 0.29) is 39.2 Å². The van der Waals surface area contributed by atoms with Gasteiger partial charge in [0, 0.05) is 44.2 Å². The maximum absolute atomic E-state index is 2.80. The van der Waals surface area contributed by atoms with E-state index in [1.165, 1.54) is 119 Å². The van der Waals surface area contributed by atoms with Crippen LogP contribution in [0.25, 0.3) is 10.1 Å². The molecule has 0 saturated heterocycles. The van der Waals surface area contributed by atoms with Crippen molar-refractivity contribution in [3.63, 3.8) is 0 Å². The smallest absolute Gasteiger partial charge is 0.259 e. The van der Waals surface area contributed by atoms with E-state index in [9.17, 15) is 0 Å². The summed E-state index contributed by atoms with van der Waals surface area (Å²) in [6.07, 6.45) is 7.35. The second-order valence-corrected chi connectivity index (χ2v) is 26.3. The van der Waals surface area contributed by atoms with Gasteiger partial charge >= 0.3 is 0 Å². The zero-order chi connectivity index (χ0) is 45.7. The Morgan fingerprint density at radius 3 is 1.63 bits per heavy atom. The van der Waals surface area contributed by atoms with Gasteiger partial charge < -0.3 is 9.80 Å². The number of thiophene rings is 1. The van der Waals surface area contributed by atoms with Crippen LogP contribution in [0.2, 0.25) is 0 Å². The first kappa shape index (κ1) is 44.2. The molecule has 0 unspecified atom stereocenters. The lowest BCUT2D eigenvalue weighted by atomic mass is 9.35. The van der Waals surface area contributed by atoms with Crippen molar-refractivity contribution in [3.8, 4) is 0 Å². The minimum absolute atomic E-state index is 0.00887. The summed E-state index contributed by atoms with van der Waals surface area (Å²) < 4.78 is 2.92. The number of anilines is 4. The number of fused-ring (bicyclic) bond motifs is 9. The van der Waals surface area contributed by atoms with Crippen LogP contribution in [0.5, 0.6) is 0 Å². The van der Waals surface area contributed by atoms with Gasteiger partial charge in [0.15, 0.2) is 0 Å². The fraction of sp³-hybridized carbons (Fsp3) is 0.492. The molecule has 0 N–H and O–H groups in total. The SMILES string of the molecule is CC(C)=CC1=C2CN(c3cc4c(cc3C)C(C)(C)CCC4(C)C)c3c(sc4cc5c(cc34)C(C)(C)CCC5(C)C)B2c2cc(C(C)(C)C)ccc2N1c1ccc(C(C)(C)C)cc1C. The number of allylic oxidation sites excluding steroid dienone is 2. The second-order valence-electron chi connectivity index (χ2n) is 25.2. The molecule has 2 aliphatic heterocycles. The minimum atomic E-state index is 0.00887. The van der Waals surface area contributed by atoms with Crippen LogP contribution < -0.4 is 20.0 Å². The Hall–Kier alpha value is -4.02. The first-order valence-corrected chi connectivity index (χ1v) is 24.9. The molecule has 3 heterocycles. The predicted octanol–water partition coefficient (Wildman–Crippen LogP) is 15.5. The molecular weight excluding hydrogens is 780 g/mol. The van der Waals surface area contributed by atoms with Crippen molar-refractivity contribution in [1.29, 1.82) is 0 Å². The maximum atomic E-state index is 2.80. The Kier molecular flexibility index (Phi) is 9.99. The molecule has 1 aromatic heterocycles. The number of hydrogen-bond acceptors (Lipinski definition) is 3. The van der Waals surface area contributed by atoms with Crippen LogP contribution >= 0.6 is 11.3 Å². The van der Waals surface area contributed by atoms with Gasteiger partial charge in [-0.1, -0.05) is 133 Å². The van der Waals surface area contributed by atoms with Crippen LogP contribution in [-0.4, -0.2) is 13.3 Å². The summed E-state index contributed by atoms with van der Waals surface area (Å²) in [5.74, 6) is 0. The fourth-order valence-corrected chi connectivity index (χ4v) is 13.1. The highest BCUT2D eigenvalue weighted by atomic mass is 32.1. The summed E-state index contributed by atoms with van der Waals surface area (Å²) in [4.78, 5) is 5.44. The molecule has 330 valence electrons. The molecule has 4 aromatic carbocycles. The lowest BCUT2D eigenvalue weighted by Gasteiger charge is -2.46. The van der Waals surface area contributed by atoms with E-state index in [1.54, 1.807) is 11.1 Å². The Labute approximate surface area is 386 Å². The minimum Gasteiger partial charge on any atom is -0.337 e. The molecule has 2 aliphatic carbocycles. The molecule has 0 spiro atoms. The molecule has 4 heteroatoms. The van der Waals surface area contributed by atoms with Crippen molar-refractivity contribution in [2.75, 3.05) is 16.3 Å². The van der Waals surface area contributed by atoms with Gasteiger partial charge in [-0.25, -0.2) is 0 Å². The van der Waals surface area contributed by atoms with E-state index in [1.807, 2.05) is 0 Å². The van der Waals surface area contributed by atoms with E-state index < -0.39 is 0 Å². The fourth-order valence-electron chi connectivity index (χ4n) is 11.7. The Bertz CT molecular complexity index is 2780. The summed E-state index contributed by atoms with van der Waals surface area (Å²) in [7, 11) is 0. The number of aryl methyl sites for hydroxylation is 2. The number of hydrogen-bond donors (Lipinski definition) is 0. The molecule has 0 radical (unpaired) electrons. The average Bonchev–Trinajstić information content (AvgIpc) is 3.56. The normalized spacial score (nSPS) is 19.6. The summed E-state index contributed by atoms with van der Waals surface area (Å²) >= 11 is 2.08. The van der Waals surface area contributed by atoms with Crippen LogP contribution in [0.15, 0.2) is 83.5 Å². The van der Waals surface area contributed by atoms with E-state index in [0.717, 1.165) is 6.54 Å². The van der Waals surface area contributed by atoms with Crippen LogP contribution in [0.3, 0.4) is 0 Å². The van der Waals surface area contributed by atoms with E-state index >= 15 is 0 Å². The highest BCUT2D eigenvalue weighted by Crippen LogP contribution is 2.53. The van der Waals surface area contributed by atoms with Crippen molar-refractivity contribution in [1.82, 2.24) is 0 Å². The van der Waals surface area contributed by atoms with Gasteiger partial charge in [-0.2, -0.15) is 0 Å². The molecular formula is C59H75BN2S. The molecule has 0 amide bonds. The van der Waals surface area contributed by atoms with Crippen LogP contribution in [-0.2, 0) is 32.5 Å². The number of benzene rings is 4. The molecule has 0 bridgehead atoms. The lowest BCUT2D eigenvalue weighted by Crippen LogP contribution is -2.56. The van der Waals surface area contributed by atoms with Crippen molar-refractivity contribution in [2.24, 2.45) is 0 Å². The van der Waals surface area contributed by atoms with Gasteiger partial charge in [0.1, 0.15) is 0 Å². The largest absolute Gasteiger partial charge is 0.337 e. The van der Waals surface area contributed by atoms with Gasteiger partial charge in [-0.15, -0.1) is 11.3 Å². The Balaban J connectivity index is 1.41. The standard InChI is InChI=1S/C59H75BN2S/c1-35(2)27-50-46-34-61(49-32-43-41(29-37(49)4)56(11,12)23-25-58(43,15)16)52-40-31-42-44(59(17,18)26-24-57(42,13)14)33-51(40)63-53(52)60(46)45-30-39(55(8,9)10)20-22-48(45)62(50)47-21-19-38(28-36(47)3)54(5,6)7/h19-22,27-33H,23-26,34H2,1-18H3. The highest BCUT2D eigenvalue weighted by molar-refractivity contribution is 7.32. The molecule has 5 aromatic rings. The second kappa shape index (κ2) is 14.2. The topological polar surface area (TPSA) is 6.48 Å². The van der Waals surface area contributed by atoms with Gasteiger partial charge in [0.05, 0.1) is 5.69 Å². The number of nitrogens with zero attached hydrogens (tertiary/aromatic N) is 2. The summed E-state index contributed by atoms with van der Waals surface area (Å²) in [6, 6.07) is 25.2. The third kappa shape index (κ3) is 7.10. The van der Waals surface area contributed by atoms with Crippen LogP contribution in [0.4, 0.5) is 22.7 Å². The van der Waals surface area contributed by atoms with Crippen molar-refractivity contribution < 1.29 is 0 Å². The molecule has 0 atom stereocenters. The average molecular weight is 855 g/mol. The first-order valence-electron chi connectivity index (χ1n) is 24.1. The maximum Gasteiger partial charge on any atom is 0.259 e. The Morgan fingerprint density at radius 2 is 1.10 bits per heavy atom. The van der Waals surface area contributed by atoms with E-state index in [4.69, 9.17) is 0 Å². The van der Waals surface area contributed by atoms with Crippen molar-refractivity contribution in [3.05, 3.63) is 128 Å². The van der Waals surface area contributed by atoms with Crippen molar-refractivity contribution >= 4 is 61.1 Å². The zero-order valence-corrected chi connectivity index (χ0v) is 43.1. The number of rotatable bonds is 3. The van der Waals surface area contributed by atoms with Crippen LogP contribution in [0.1, 0.15) is 181 Å². The van der Waals surface area contributed by atoms with Gasteiger partial charge in [0.25, 0.3) is 6.71 Å². The lowest BCUT2D eigenvalue weighted by molar-refractivity contribution is 0.332. The van der Waals surface area contributed by atoms with E-state index in [2.05, 4.69) is 213 Å². The molecule has 63 heavy (non-hydrogen) atoms. The summed E-state index contributed by atoms with van der Waals surface area (Å²) in [5, 5.41) is 1.43. The highest BCUT2D eigenvalue weighted by Gasteiger charge is 2.47. The third-order valence-electron chi connectivity index (χ3n) is 16.1. The predicted molar refractivity (Wildman–Crippen MR) is 279 cm³/mol. The van der Waals surface area contributed by atoms with Gasteiger partial charge in [-0.05, 0) is 178 Å². The first-order chi connectivity index (χ1) is 29.1. The molecule has 0 fully saturated rings. The van der Waals surface area contributed by atoms with Gasteiger partial charge in [-0.3, -0.25) is 0 Å². The van der Waals surface area contributed by atoms with E-state index in [0.29, 0.717) is 0 Å². The van der Waals surface area contributed by atoms with Gasteiger partial charge in [0.2, 0.25) is 0 Å². The zero-order valence-electron chi connectivity index (χ0n) is 42.3. The summed E-state index contributed by atoms with van der Waals surface area (Å²) in [6.45, 7) is 44.2. The summed E-state index contributed by atoms with van der Waals surface area (Å²) in [5.41, 5.74) is 23.2. The van der Waals surface area contributed by atoms with Crippen LogP contribution in [0, 0.1) is 13.8 Å². The Morgan fingerprint density at radius 1 is 0.603 bits per heavy atom. The molecule has 2 nitrogen and oxygen atoms in total. The van der Waals surface area contributed by atoms with Crippen molar-refractivity contribution in [2.45, 2.75) is 183 Å². The molecule has 0 saturated carbocycles. The molecule has 9 rings (SSSR count). The third-order valence-corrected chi connectivity index (χ3v) is 17.3.